The van der Waals surface area contributed by atoms with Crippen LogP contribution in [-0.4, -0.2) is 34.3 Å². The van der Waals surface area contributed by atoms with Gasteiger partial charge in [0, 0.05) is 12.1 Å². The Kier molecular flexibility index (Phi) is 7.50. The van der Waals surface area contributed by atoms with Crippen molar-refractivity contribution in [3.05, 3.63) is 89.0 Å². The summed E-state index contributed by atoms with van der Waals surface area (Å²) in [4.78, 5) is 23.9. The van der Waals surface area contributed by atoms with E-state index in [-0.39, 0.29) is 11.4 Å². The lowest BCUT2D eigenvalue weighted by atomic mass is 10.1. The summed E-state index contributed by atoms with van der Waals surface area (Å²) < 4.78 is 33.4. The van der Waals surface area contributed by atoms with Crippen LogP contribution in [0.3, 0.4) is 0 Å². The molecule has 0 aromatic heterocycles. The van der Waals surface area contributed by atoms with Gasteiger partial charge in [-0.25, -0.2) is 8.42 Å². The first-order valence-corrected chi connectivity index (χ1v) is 11.7. The van der Waals surface area contributed by atoms with E-state index in [1.54, 1.807) is 61.5 Å². The molecular weight excluding hydrogens is 440 g/mol. The van der Waals surface area contributed by atoms with E-state index in [1.807, 2.05) is 6.92 Å². The van der Waals surface area contributed by atoms with Gasteiger partial charge in [0.25, 0.3) is 10.0 Å². The highest BCUT2D eigenvalue weighted by atomic mass is 32.2. The number of aldehydes is 1. The number of nitrogens with one attached hydrogen (secondary N) is 1. The van der Waals surface area contributed by atoms with Crippen molar-refractivity contribution in [2.75, 3.05) is 18.0 Å². The lowest BCUT2D eigenvalue weighted by Gasteiger charge is -2.26. The van der Waals surface area contributed by atoms with Crippen LogP contribution in [0.15, 0.2) is 71.6 Å². The molecule has 0 bridgehead atoms. The third-order valence-electron chi connectivity index (χ3n) is 5.15. The predicted octanol–water partition coefficient (Wildman–Crippen LogP) is 3.64. The summed E-state index contributed by atoms with van der Waals surface area (Å²) in [6.45, 7) is 3.39. The zero-order valence-electron chi connectivity index (χ0n) is 18.7. The molecule has 33 heavy (non-hydrogen) atoms. The highest BCUT2D eigenvalue weighted by Gasteiger charge is 2.28. The molecule has 0 aliphatic heterocycles. The summed E-state index contributed by atoms with van der Waals surface area (Å²) in [6.07, 6.45) is 0.730. The maximum atomic E-state index is 13.5. The number of ether oxygens (including phenoxy) is 1. The van der Waals surface area contributed by atoms with Crippen LogP contribution in [0.25, 0.3) is 0 Å². The summed E-state index contributed by atoms with van der Waals surface area (Å²) in [5.41, 5.74) is 3.20. The first kappa shape index (κ1) is 24.0. The third kappa shape index (κ3) is 5.78. The Morgan fingerprint density at radius 1 is 1.03 bits per heavy atom. The van der Waals surface area contributed by atoms with Gasteiger partial charge in [-0.2, -0.15) is 0 Å². The molecule has 8 heteroatoms. The zero-order valence-corrected chi connectivity index (χ0v) is 19.6. The van der Waals surface area contributed by atoms with Crippen LogP contribution >= 0.6 is 0 Å². The Morgan fingerprint density at radius 2 is 1.76 bits per heavy atom. The maximum Gasteiger partial charge on any atom is 0.264 e. The first-order valence-electron chi connectivity index (χ1n) is 10.3. The van der Waals surface area contributed by atoms with E-state index in [0.29, 0.717) is 22.6 Å². The van der Waals surface area contributed by atoms with E-state index in [9.17, 15) is 18.0 Å². The largest absolute Gasteiger partial charge is 0.497 e. The first-order chi connectivity index (χ1) is 15.7. The van der Waals surface area contributed by atoms with Gasteiger partial charge in [0.1, 0.15) is 18.6 Å². The van der Waals surface area contributed by atoms with E-state index in [2.05, 4.69) is 5.32 Å². The van der Waals surface area contributed by atoms with Crippen LogP contribution in [-0.2, 0) is 21.4 Å². The van der Waals surface area contributed by atoms with Gasteiger partial charge < -0.3 is 10.1 Å². The van der Waals surface area contributed by atoms with E-state index < -0.39 is 22.5 Å². The van der Waals surface area contributed by atoms with Crippen LogP contribution in [0, 0.1) is 13.8 Å². The van der Waals surface area contributed by atoms with Gasteiger partial charge in [0.05, 0.1) is 17.7 Å². The molecule has 0 saturated heterocycles. The van der Waals surface area contributed by atoms with Gasteiger partial charge in [-0.15, -0.1) is 0 Å². The van der Waals surface area contributed by atoms with Crippen molar-refractivity contribution in [2.45, 2.75) is 25.3 Å². The lowest BCUT2D eigenvalue weighted by Crippen LogP contribution is -2.41. The normalized spacial score (nSPS) is 11.0. The Morgan fingerprint density at radius 3 is 2.39 bits per heavy atom. The number of benzene rings is 3. The van der Waals surface area contributed by atoms with Crippen molar-refractivity contribution in [3.8, 4) is 5.75 Å². The minimum Gasteiger partial charge on any atom is -0.497 e. The lowest BCUT2D eigenvalue weighted by molar-refractivity contribution is -0.119. The summed E-state index contributed by atoms with van der Waals surface area (Å²) in [5.74, 6) is 0.112. The molecule has 0 radical (unpaired) electrons. The standard InChI is InChI=1S/C25H26N2O5S/c1-18-7-10-23(11-8-18)33(30,31)27(24-12-9-22(32-3)13-19(24)2)16-25(29)26-15-20-5-4-6-21(14-20)17-28/h4-14,17H,15-16H2,1-3H3,(H,26,29). The molecular formula is C25H26N2O5S. The number of nitrogens with zero attached hydrogens (tertiary/aromatic N) is 1. The molecule has 1 N–H and O–H groups in total. The Labute approximate surface area is 194 Å². The van der Waals surface area contributed by atoms with E-state index in [0.717, 1.165) is 21.7 Å². The van der Waals surface area contributed by atoms with Crippen LogP contribution in [0.4, 0.5) is 5.69 Å². The van der Waals surface area contributed by atoms with Crippen LogP contribution < -0.4 is 14.4 Å². The highest BCUT2D eigenvalue weighted by molar-refractivity contribution is 7.92. The van der Waals surface area contributed by atoms with Crippen LogP contribution in [0.1, 0.15) is 27.0 Å². The average molecular weight is 467 g/mol. The predicted molar refractivity (Wildman–Crippen MR) is 127 cm³/mol. The van der Waals surface area contributed by atoms with Crippen molar-refractivity contribution in [3.63, 3.8) is 0 Å². The molecule has 0 unspecified atom stereocenters. The second kappa shape index (κ2) is 10.3. The van der Waals surface area contributed by atoms with Crippen molar-refractivity contribution in [1.82, 2.24) is 5.32 Å². The summed E-state index contributed by atoms with van der Waals surface area (Å²) in [6, 6.07) is 18.3. The molecule has 3 rings (SSSR count). The molecule has 3 aromatic rings. The van der Waals surface area contributed by atoms with E-state index in [1.165, 1.54) is 19.2 Å². The van der Waals surface area contributed by atoms with Gasteiger partial charge in [0.15, 0.2) is 0 Å². The molecule has 0 aliphatic rings. The Balaban J connectivity index is 1.90. The van der Waals surface area contributed by atoms with E-state index in [4.69, 9.17) is 4.74 Å². The molecule has 0 heterocycles. The molecule has 1 amide bonds. The zero-order chi connectivity index (χ0) is 24.0. The molecule has 172 valence electrons. The molecule has 0 fully saturated rings. The Hall–Kier alpha value is -3.65. The Bertz CT molecular complexity index is 1250. The number of methoxy groups -OCH3 is 1. The number of amides is 1. The van der Waals surface area contributed by atoms with Crippen molar-refractivity contribution in [1.29, 1.82) is 0 Å². The van der Waals surface area contributed by atoms with Gasteiger partial charge in [-0.1, -0.05) is 35.9 Å². The quantitative estimate of drug-likeness (QED) is 0.486. The third-order valence-corrected chi connectivity index (χ3v) is 6.92. The fourth-order valence-electron chi connectivity index (χ4n) is 3.34. The number of hydrogen-bond acceptors (Lipinski definition) is 5. The molecule has 0 atom stereocenters. The number of carbonyl (C=O) groups excluding carboxylic acids is 2. The molecule has 0 spiro atoms. The summed E-state index contributed by atoms with van der Waals surface area (Å²) in [5, 5.41) is 2.74. The number of rotatable bonds is 9. The number of sulfonamides is 1. The molecule has 3 aromatic carbocycles. The summed E-state index contributed by atoms with van der Waals surface area (Å²) in [7, 11) is -2.49. The van der Waals surface area contributed by atoms with Crippen LogP contribution in [0.2, 0.25) is 0 Å². The number of carbonyl (C=O) groups is 2. The average Bonchev–Trinajstić information content (AvgIpc) is 2.81. The summed E-state index contributed by atoms with van der Waals surface area (Å²) >= 11 is 0. The van der Waals surface area contributed by atoms with Gasteiger partial charge in [-0.05, 0) is 61.4 Å². The minimum absolute atomic E-state index is 0.0924. The van der Waals surface area contributed by atoms with Gasteiger partial charge in [0.2, 0.25) is 5.91 Å². The topological polar surface area (TPSA) is 92.8 Å². The SMILES string of the molecule is COc1ccc(N(CC(=O)NCc2cccc(C=O)c2)S(=O)(=O)c2ccc(C)cc2)c(C)c1. The molecule has 7 nitrogen and oxygen atoms in total. The maximum absolute atomic E-state index is 13.5. The van der Waals surface area contributed by atoms with Crippen molar-refractivity contribution < 1.29 is 22.7 Å². The van der Waals surface area contributed by atoms with Crippen molar-refractivity contribution >= 4 is 27.9 Å². The highest BCUT2D eigenvalue weighted by Crippen LogP contribution is 2.29. The van der Waals surface area contributed by atoms with Crippen molar-refractivity contribution in [2.24, 2.45) is 0 Å². The fourth-order valence-corrected chi connectivity index (χ4v) is 4.82. The van der Waals surface area contributed by atoms with E-state index >= 15 is 0 Å². The second-order valence-electron chi connectivity index (χ2n) is 7.62. The smallest absolute Gasteiger partial charge is 0.264 e. The number of hydrogen-bond donors (Lipinski definition) is 1. The molecule has 0 saturated carbocycles. The van der Waals surface area contributed by atoms with Gasteiger partial charge in [-0.3, -0.25) is 13.9 Å². The molecule has 0 aliphatic carbocycles. The number of anilines is 1. The second-order valence-corrected chi connectivity index (χ2v) is 9.48. The van der Waals surface area contributed by atoms with Crippen LogP contribution in [0.5, 0.6) is 5.75 Å². The minimum atomic E-state index is -4.02. The number of aryl methyl sites for hydroxylation is 2. The monoisotopic (exact) mass is 466 g/mol. The fraction of sp³-hybridized carbons (Fsp3) is 0.200. The van der Waals surface area contributed by atoms with Gasteiger partial charge >= 0.3 is 0 Å².